The van der Waals surface area contributed by atoms with Crippen molar-refractivity contribution in [3.05, 3.63) is 41.9 Å². The highest BCUT2D eigenvalue weighted by Crippen LogP contribution is 2.20. The normalized spacial score (nSPS) is 11.7. The number of nitrogens with one attached hydrogen (secondary N) is 1. The Morgan fingerprint density at radius 2 is 2.13 bits per heavy atom. The maximum atomic E-state index is 5.80. The van der Waals surface area contributed by atoms with Crippen LogP contribution in [0, 0.1) is 6.92 Å². The van der Waals surface area contributed by atoms with Crippen molar-refractivity contribution < 1.29 is 9.15 Å². The lowest BCUT2D eigenvalue weighted by Gasteiger charge is -2.04. The van der Waals surface area contributed by atoms with Crippen molar-refractivity contribution in [1.82, 2.24) is 10.3 Å². The van der Waals surface area contributed by atoms with Crippen LogP contribution in [-0.4, -0.2) is 30.7 Å². The molecule has 0 radical (unpaired) electrons. The summed E-state index contributed by atoms with van der Waals surface area (Å²) in [6.07, 6.45) is 2.60. The number of aryl methyl sites for hydroxylation is 1. The summed E-state index contributed by atoms with van der Waals surface area (Å²) in [6.45, 7) is 6.53. The van der Waals surface area contributed by atoms with Crippen molar-refractivity contribution in [2.24, 2.45) is 10.7 Å². The summed E-state index contributed by atoms with van der Waals surface area (Å²) in [4.78, 5) is 8.45. The van der Waals surface area contributed by atoms with Gasteiger partial charge in [0.1, 0.15) is 6.54 Å². The van der Waals surface area contributed by atoms with E-state index in [9.17, 15) is 0 Å². The van der Waals surface area contributed by atoms with Gasteiger partial charge in [-0.15, -0.1) is 0 Å². The van der Waals surface area contributed by atoms with E-state index < -0.39 is 0 Å². The molecule has 23 heavy (non-hydrogen) atoms. The number of hydrogen-bond acceptors (Lipinski definition) is 4. The molecule has 0 spiro atoms. The summed E-state index contributed by atoms with van der Waals surface area (Å²) < 4.78 is 10.9. The van der Waals surface area contributed by atoms with E-state index in [2.05, 4.69) is 22.2 Å². The van der Waals surface area contributed by atoms with E-state index in [1.165, 1.54) is 5.56 Å². The SMILES string of the molecule is CCOCCCNC(N)=NCc1ncc(-c2ccc(C)cc2)o1. The number of benzene rings is 1. The maximum absolute atomic E-state index is 5.80. The highest BCUT2D eigenvalue weighted by atomic mass is 16.5. The van der Waals surface area contributed by atoms with Crippen molar-refractivity contribution in [2.45, 2.75) is 26.8 Å². The zero-order valence-corrected chi connectivity index (χ0v) is 13.7. The van der Waals surface area contributed by atoms with Crippen LogP contribution in [0.4, 0.5) is 0 Å². The minimum atomic E-state index is 0.316. The summed E-state index contributed by atoms with van der Waals surface area (Å²) in [5, 5.41) is 3.03. The molecular weight excluding hydrogens is 292 g/mol. The van der Waals surface area contributed by atoms with Gasteiger partial charge in [0, 0.05) is 25.3 Å². The number of nitrogens with zero attached hydrogens (tertiary/aromatic N) is 2. The van der Waals surface area contributed by atoms with Gasteiger partial charge < -0.3 is 20.2 Å². The monoisotopic (exact) mass is 316 g/mol. The molecule has 6 heteroatoms. The molecule has 0 saturated heterocycles. The standard InChI is InChI=1S/C17H24N4O2/c1-3-22-10-4-9-19-17(18)21-12-16-20-11-15(23-16)14-7-5-13(2)6-8-14/h5-8,11H,3-4,9-10,12H2,1-2H3,(H3,18,19,21). The highest BCUT2D eigenvalue weighted by molar-refractivity contribution is 5.77. The lowest BCUT2D eigenvalue weighted by molar-refractivity contribution is 0.145. The van der Waals surface area contributed by atoms with Crippen LogP contribution >= 0.6 is 0 Å². The molecule has 124 valence electrons. The molecule has 6 nitrogen and oxygen atoms in total. The predicted octanol–water partition coefficient (Wildman–Crippen LogP) is 2.48. The van der Waals surface area contributed by atoms with E-state index in [0.29, 0.717) is 18.4 Å². The molecule has 2 aromatic rings. The third-order valence-corrected chi connectivity index (χ3v) is 3.25. The molecule has 1 heterocycles. The van der Waals surface area contributed by atoms with Crippen LogP contribution in [0.15, 0.2) is 39.9 Å². The third kappa shape index (κ3) is 5.75. The molecule has 1 aromatic carbocycles. The second-order valence-electron chi connectivity index (χ2n) is 5.16. The van der Waals surface area contributed by atoms with Crippen LogP contribution < -0.4 is 11.1 Å². The molecule has 1 aromatic heterocycles. The number of hydrogen-bond donors (Lipinski definition) is 2. The van der Waals surface area contributed by atoms with Gasteiger partial charge in [-0.05, 0) is 20.3 Å². The summed E-state index contributed by atoms with van der Waals surface area (Å²) in [6, 6.07) is 8.11. The third-order valence-electron chi connectivity index (χ3n) is 3.25. The number of oxazole rings is 1. The Hall–Kier alpha value is -2.34. The quantitative estimate of drug-likeness (QED) is 0.444. The van der Waals surface area contributed by atoms with E-state index in [1.54, 1.807) is 6.20 Å². The van der Waals surface area contributed by atoms with Gasteiger partial charge in [0.25, 0.3) is 0 Å². The maximum Gasteiger partial charge on any atom is 0.216 e. The first-order chi connectivity index (χ1) is 11.2. The minimum absolute atomic E-state index is 0.316. The second kappa shape index (κ2) is 8.95. The fraction of sp³-hybridized carbons (Fsp3) is 0.412. The van der Waals surface area contributed by atoms with Crippen molar-refractivity contribution in [3.63, 3.8) is 0 Å². The number of ether oxygens (including phenoxy) is 1. The molecule has 0 bridgehead atoms. The average molecular weight is 316 g/mol. The molecule has 0 unspecified atom stereocenters. The van der Waals surface area contributed by atoms with Gasteiger partial charge in [-0.25, -0.2) is 9.98 Å². The van der Waals surface area contributed by atoms with Crippen LogP contribution in [0.1, 0.15) is 24.8 Å². The highest BCUT2D eigenvalue weighted by Gasteiger charge is 2.05. The van der Waals surface area contributed by atoms with Gasteiger partial charge in [-0.1, -0.05) is 29.8 Å². The number of rotatable bonds is 8. The van der Waals surface area contributed by atoms with Crippen molar-refractivity contribution in [2.75, 3.05) is 19.8 Å². The van der Waals surface area contributed by atoms with Crippen LogP contribution in [-0.2, 0) is 11.3 Å². The molecule has 0 saturated carbocycles. The molecule has 0 fully saturated rings. The van der Waals surface area contributed by atoms with Crippen LogP contribution in [0.25, 0.3) is 11.3 Å². The summed E-state index contributed by atoms with van der Waals surface area (Å²) in [5.74, 6) is 1.66. The largest absolute Gasteiger partial charge is 0.439 e. The number of nitrogens with two attached hydrogens (primary N) is 1. The summed E-state index contributed by atoms with van der Waals surface area (Å²) >= 11 is 0. The Labute approximate surface area is 136 Å². The average Bonchev–Trinajstić information content (AvgIpc) is 3.02. The Morgan fingerprint density at radius 1 is 1.35 bits per heavy atom. The fourth-order valence-electron chi connectivity index (χ4n) is 1.98. The number of aromatic nitrogens is 1. The lowest BCUT2D eigenvalue weighted by Crippen LogP contribution is -2.32. The first-order valence-electron chi connectivity index (χ1n) is 7.82. The van der Waals surface area contributed by atoms with E-state index in [4.69, 9.17) is 14.9 Å². The van der Waals surface area contributed by atoms with E-state index in [-0.39, 0.29) is 0 Å². The Morgan fingerprint density at radius 3 is 2.87 bits per heavy atom. The van der Waals surface area contributed by atoms with Crippen molar-refractivity contribution in [1.29, 1.82) is 0 Å². The minimum Gasteiger partial charge on any atom is -0.439 e. The second-order valence-corrected chi connectivity index (χ2v) is 5.16. The molecule has 0 aliphatic heterocycles. The molecule has 3 N–H and O–H groups in total. The topological polar surface area (TPSA) is 85.7 Å². The van der Waals surface area contributed by atoms with Gasteiger partial charge in [-0.2, -0.15) is 0 Å². The fourth-order valence-corrected chi connectivity index (χ4v) is 1.98. The van der Waals surface area contributed by atoms with Gasteiger partial charge >= 0.3 is 0 Å². The van der Waals surface area contributed by atoms with Crippen LogP contribution in [0.5, 0.6) is 0 Å². The first kappa shape index (κ1) is 17.0. The Balaban J connectivity index is 1.82. The van der Waals surface area contributed by atoms with Gasteiger partial charge in [-0.3, -0.25) is 0 Å². The summed E-state index contributed by atoms with van der Waals surface area (Å²) in [5.41, 5.74) is 8.01. The molecule has 0 aliphatic rings. The molecular formula is C17H24N4O2. The van der Waals surface area contributed by atoms with E-state index >= 15 is 0 Å². The number of aliphatic imine (C=N–C) groups is 1. The van der Waals surface area contributed by atoms with Crippen LogP contribution in [0.2, 0.25) is 0 Å². The zero-order chi connectivity index (χ0) is 16.5. The smallest absolute Gasteiger partial charge is 0.216 e. The molecule has 0 amide bonds. The number of guanidine groups is 1. The van der Waals surface area contributed by atoms with Gasteiger partial charge in [0.2, 0.25) is 5.89 Å². The van der Waals surface area contributed by atoms with Crippen molar-refractivity contribution >= 4 is 5.96 Å². The molecule has 0 atom stereocenters. The summed E-state index contributed by atoms with van der Waals surface area (Å²) in [7, 11) is 0. The van der Waals surface area contributed by atoms with Crippen LogP contribution in [0.3, 0.4) is 0 Å². The molecule has 2 rings (SSSR count). The first-order valence-corrected chi connectivity index (χ1v) is 7.82. The van der Waals surface area contributed by atoms with E-state index in [0.717, 1.165) is 37.5 Å². The van der Waals surface area contributed by atoms with Crippen molar-refractivity contribution in [3.8, 4) is 11.3 Å². The Bertz CT molecular complexity index is 620. The predicted molar refractivity (Wildman–Crippen MR) is 91.1 cm³/mol. The lowest BCUT2D eigenvalue weighted by atomic mass is 10.1. The van der Waals surface area contributed by atoms with E-state index in [1.807, 2.05) is 31.2 Å². The van der Waals surface area contributed by atoms with Gasteiger partial charge in [0.15, 0.2) is 11.7 Å². The van der Waals surface area contributed by atoms with Gasteiger partial charge in [0.05, 0.1) is 6.20 Å². The molecule has 0 aliphatic carbocycles. The zero-order valence-electron chi connectivity index (χ0n) is 13.7. The Kier molecular flexibility index (Phi) is 6.62.